The first-order valence-electron chi connectivity index (χ1n) is 39.5. The molecule has 114 heavy (non-hydrogen) atoms. The SMILES string of the molecule is CC1(C)c2ccccc2-c2cccc(N(c3ccccc3)c3ccc4c(c3)oc3c4c4cccc5c6cc(N(c7ccccc7)c7ccc(-c8ccc(N(c9ccccc9)c9ccc%10c(c9)oc9c%10c%10ccc(N(c%11ccccc%11)c%11ccccc%11)c%11c%12ccccc%12n9c%10%11)cc8)c8c7C(C)(C)c7ccccc7-8)ccc6n3c54)c21. The lowest BCUT2D eigenvalue weighted by molar-refractivity contribution is 0.651. The first kappa shape index (κ1) is 64.2. The standard InChI is InChI=1S/C106H72N6O2/c1-105(2)86-44-23-20-38-76(86)77-41-27-47-91(99(77)105)110(70-36-18-9-19-37-70)74-53-56-81-94(64-74)113-103-96(81)83-43-26-42-78-85-62-72(54-59-89(85)111(103)101(78)83)109(69-34-16-8-17-35-69)92-61-57-75(95-79-39-21-24-45-87(79)106(3,4)100(92)95)65-48-50-71(51-49-65)107(66-28-10-5-11-29-66)73-52-55-82-93(63-73)114-104-97(82)84-58-60-90(98-80-40-22-25-46-88(80)112(104)102(84)98)108(67-30-12-6-13-31-67)68-32-14-7-15-33-68/h5-64H,1-4H3. The molecule has 16 aromatic carbocycles. The van der Waals surface area contributed by atoms with Gasteiger partial charge in [-0.1, -0.05) is 234 Å². The number of nitrogens with zero attached hydrogens (tertiary/aromatic N) is 6. The van der Waals surface area contributed by atoms with Gasteiger partial charge in [-0.2, -0.15) is 0 Å². The summed E-state index contributed by atoms with van der Waals surface area (Å²) in [5.41, 5.74) is 32.9. The molecule has 8 nitrogen and oxygen atoms in total. The molecule has 0 spiro atoms. The highest BCUT2D eigenvalue weighted by atomic mass is 16.3. The van der Waals surface area contributed by atoms with Crippen molar-refractivity contribution in [3.8, 4) is 33.4 Å². The van der Waals surface area contributed by atoms with E-state index in [9.17, 15) is 0 Å². The van der Waals surface area contributed by atoms with Crippen LogP contribution in [0.2, 0.25) is 0 Å². The van der Waals surface area contributed by atoms with E-state index in [-0.39, 0.29) is 10.8 Å². The second-order valence-corrected chi connectivity index (χ2v) is 31.9. The number of anilines is 12. The van der Waals surface area contributed by atoms with Crippen molar-refractivity contribution in [2.75, 3.05) is 19.6 Å². The van der Waals surface area contributed by atoms with Gasteiger partial charge in [0.1, 0.15) is 11.2 Å². The van der Waals surface area contributed by atoms with E-state index in [4.69, 9.17) is 8.83 Å². The molecule has 0 aliphatic heterocycles. The van der Waals surface area contributed by atoms with Gasteiger partial charge in [0.25, 0.3) is 0 Å². The van der Waals surface area contributed by atoms with Crippen LogP contribution in [-0.4, -0.2) is 8.80 Å². The van der Waals surface area contributed by atoms with E-state index in [1.807, 2.05) is 0 Å². The van der Waals surface area contributed by atoms with Crippen LogP contribution < -0.4 is 19.6 Å². The molecule has 8 heteroatoms. The topological polar surface area (TPSA) is 48.1 Å². The Labute approximate surface area is 658 Å². The van der Waals surface area contributed by atoms with Crippen molar-refractivity contribution in [3.05, 3.63) is 386 Å². The monoisotopic (exact) mass is 1460 g/mol. The number of furan rings is 2. The molecule has 22 aromatic rings. The number of benzene rings is 16. The summed E-state index contributed by atoms with van der Waals surface area (Å²) in [5, 5.41) is 11.5. The van der Waals surface area contributed by atoms with Crippen LogP contribution in [0.5, 0.6) is 0 Å². The quantitative estimate of drug-likeness (QED) is 0.115. The van der Waals surface area contributed by atoms with Crippen LogP contribution in [0.1, 0.15) is 49.9 Å². The first-order valence-corrected chi connectivity index (χ1v) is 39.5. The Morgan fingerprint density at radius 1 is 0.246 bits per heavy atom. The third-order valence-corrected chi connectivity index (χ3v) is 25.1. The minimum atomic E-state index is -0.383. The molecule has 6 heterocycles. The van der Waals surface area contributed by atoms with Gasteiger partial charge in [0.15, 0.2) is 0 Å². The Morgan fingerprint density at radius 2 is 0.658 bits per heavy atom. The van der Waals surface area contributed by atoms with Gasteiger partial charge in [-0.15, -0.1) is 0 Å². The third-order valence-electron chi connectivity index (χ3n) is 25.1. The molecule has 538 valence electrons. The summed E-state index contributed by atoms with van der Waals surface area (Å²) >= 11 is 0. The molecule has 0 saturated carbocycles. The van der Waals surface area contributed by atoms with Crippen molar-refractivity contribution in [2.24, 2.45) is 0 Å². The van der Waals surface area contributed by atoms with E-state index in [2.05, 4.69) is 420 Å². The maximum atomic E-state index is 7.31. The van der Waals surface area contributed by atoms with Crippen LogP contribution in [-0.2, 0) is 10.8 Å². The molecule has 6 aromatic heterocycles. The van der Waals surface area contributed by atoms with Crippen molar-refractivity contribution >= 4 is 167 Å². The molecule has 0 atom stereocenters. The summed E-state index contributed by atoms with van der Waals surface area (Å²) in [6, 6.07) is 133. The largest absolute Gasteiger partial charge is 0.439 e. The molecule has 24 rings (SSSR count). The first-order chi connectivity index (χ1) is 56.1. The summed E-state index contributed by atoms with van der Waals surface area (Å²) in [6.07, 6.45) is 0. The predicted octanol–water partition coefficient (Wildman–Crippen LogP) is 29.6. The van der Waals surface area contributed by atoms with Gasteiger partial charge in [0.05, 0.1) is 49.9 Å². The van der Waals surface area contributed by atoms with Gasteiger partial charge in [0.2, 0.25) is 11.4 Å². The molecule has 0 unspecified atom stereocenters. The summed E-state index contributed by atoms with van der Waals surface area (Å²) in [4.78, 5) is 9.65. The fourth-order valence-electron chi connectivity index (χ4n) is 20.3. The van der Waals surface area contributed by atoms with Crippen LogP contribution in [0.4, 0.5) is 68.2 Å². The lowest BCUT2D eigenvalue weighted by atomic mass is 9.80. The van der Waals surface area contributed by atoms with E-state index in [0.717, 1.165) is 145 Å². The summed E-state index contributed by atoms with van der Waals surface area (Å²) in [7, 11) is 0. The van der Waals surface area contributed by atoms with Crippen molar-refractivity contribution in [1.29, 1.82) is 0 Å². The fraction of sp³-hybridized carbons (Fsp3) is 0.0566. The zero-order valence-corrected chi connectivity index (χ0v) is 63.1. The molecular weight excluding hydrogens is 1390 g/mol. The maximum absolute atomic E-state index is 7.31. The van der Waals surface area contributed by atoms with Crippen LogP contribution in [0, 0.1) is 0 Å². The minimum Gasteiger partial charge on any atom is -0.439 e. The van der Waals surface area contributed by atoms with Crippen molar-refractivity contribution in [3.63, 3.8) is 0 Å². The van der Waals surface area contributed by atoms with Crippen molar-refractivity contribution < 1.29 is 8.83 Å². The molecule has 2 aliphatic carbocycles. The van der Waals surface area contributed by atoms with Gasteiger partial charge >= 0.3 is 0 Å². The lowest BCUT2D eigenvalue weighted by Crippen LogP contribution is -2.20. The molecule has 0 radical (unpaired) electrons. The number of rotatable bonds is 13. The number of para-hydroxylation sites is 7. The molecule has 0 fully saturated rings. The van der Waals surface area contributed by atoms with Crippen LogP contribution in [0.3, 0.4) is 0 Å². The second kappa shape index (κ2) is 24.0. The lowest BCUT2D eigenvalue weighted by Gasteiger charge is -2.33. The summed E-state index contributed by atoms with van der Waals surface area (Å²) < 4.78 is 19.3. The molecule has 0 amide bonds. The molecule has 0 N–H and O–H groups in total. The average molecular weight is 1460 g/mol. The van der Waals surface area contributed by atoms with E-state index in [1.54, 1.807) is 0 Å². The van der Waals surface area contributed by atoms with Crippen molar-refractivity contribution in [1.82, 2.24) is 8.80 Å². The Balaban J connectivity index is 0.613. The highest BCUT2D eigenvalue weighted by Gasteiger charge is 2.42. The van der Waals surface area contributed by atoms with Gasteiger partial charge in [-0.05, 0) is 201 Å². The second-order valence-electron chi connectivity index (χ2n) is 31.9. The smallest absolute Gasteiger partial charge is 0.213 e. The maximum Gasteiger partial charge on any atom is 0.213 e. The number of fused-ring (bicyclic) bond motifs is 22. The highest BCUT2D eigenvalue weighted by Crippen LogP contribution is 2.60. The zero-order chi connectivity index (χ0) is 75.4. The molecule has 0 bridgehead atoms. The van der Waals surface area contributed by atoms with E-state index < -0.39 is 0 Å². The Hall–Kier alpha value is -14.6. The number of aromatic nitrogens is 2. The van der Waals surface area contributed by atoms with E-state index >= 15 is 0 Å². The fourth-order valence-corrected chi connectivity index (χ4v) is 20.3. The van der Waals surface area contributed by atoms with E-state index in [0.29, 0.717) is 0 Å². The Bertz CT molecular complexity index is 7630. The molecule has 0 saturated heterocycles. The molecular formula is C106H72N6O2. The summed E-state index contributed by atoms with van der Waals surface area (Å²) in [5.74, 6) is 0. The van der Waals surface area contributed by atoms with E-state index in [1.165, 1.54) is 77.1 Å². The number of hydrogen-bond donors (Lipinski definition) is 0. The van der Waals surface area contributed by atoms with Gasteiger partial charge in [-0.3, -0.25) is 8.80 Å². The minimum absolute atomic E-state index is 0.221. The third kappa shape index (κ3) is 8.98. The van der Waals surface area contributed by atoms with Gasteiger partial charge < -0.3 is 28.4 Å². The highest BCUT2D eigenvalue weighted by molar-refractivity contribution is 6.32. The van der Waals surface area contributed by atoms with Crippen LogP contribution >= 0.6 is 0 Å². The Kier molecular flexibility index (Phi) is 13.5. The van der Waals surface area contributed by atoms with Crippen LogP contribution in [0.25, 0.3) is 132 Å². The predicted molar refractivity (Wildman–Crippen MR) is 475 cm³/mol. The van der Waals surface area contributed by atoms with Crippen LogP contribution in [0.15, 0.2) is 373 Å². The Morgan fingerprint density at radius 3 is 1.28 bits per heavy atom. The normalized spacial score (nSPS) is 13.4. The zero-order valence-electron chi connectivity index (χ0n) is 63.1. The average Bonchev–Trinajstić information content (AvgIpc) is 1.53. The van der Waals surface area contributed by atoms with Gasteiger partial charge in [-0.25, -0.2) is 0 Å². The molecule has 2 aliphatic rings. The van der Waals surface area contributed by atoms with Crippen molar-refractivity contribution in [2.45, 2.75) is 38.5 Å². The number of hydrogen-bond acceptors (Lipinski definition) is 6. The van der Waals surface area contributed by atoms with Gasteiger partial charge in [0, 0.05) is 117 Å². The summed E-state index contributed by atoms with van der Waals surface area (Å²) in [6.45, 7) is 9.55.